The van der Waals surface area contributed by atoms with Gasteiger partial charge >= 0.3 is 0 Å². The summed E-state index contributed by atoms with van der Waals surface area (Å²) in [4.78, 5) is 12.2. The molecule has 0 atom stereocenters. The van der Waals surface area contributed by atoms with Crippen LogP contribution in [0.4, 0.5) is 5.69 Å². The van der Waals surface area contributed by atoms with E-state index in [0.717, 1.165) is 22.4 Å². The van der Waals surface area contributed by atoms with E-state index < -0.39 is 10.0 Å². The molecular formula is C19H24N2O3S. The quantitative estimate of drug-likeness (QED) is 0.825. The first-order chi connectivity index (χ1) is 11.8. The van der Waals surface area contributed by atoms with Gasteiger partial charge in [-0.15, -0.1) is 0 Å². The van der Waals surface area contributed by atoms with Crippen molar-refractivity contribution in [3.8, 4) is 0 Å². The summed E-state index contributed by atoms with van der Waals surface area (Å²) in [6, 6.07) is 15.2. The van der Waals surface area contributed by atoms with Crippen LogP contribution in [0.15, 0.2) is 48.5 Å². The highest BCUT2D eigenvalue weighted by molar-refractivity contribution is 7.88. The minimum absolute atomic E-state index is 0.104. The third-order valence-electron chi connectivity index (χ3n) is 3.93. The molecule has 1 amide bonds. The zero-order valence-electron chi connectivity index (χ0n) is 14.8. The van der Waals surface area contributed by atoms with Crippen LogP contribution in [0.5, 0.6) is 0 Å². The molecule has 0 aliphatic heterocycles. The van der Waals surface area contributed by atoms with Gasteiger partial charge in [-0.3, -0.25) is 4.79 Å². The predicted molar refractivity (Wildman–Crippen MR) is 101 cm³/mol. The third-order valence-corrected chi connectivity index (χ3v) is 5.18. The van der Waals surface area contributed by atoms with Crippen molar-refractivity contribution in [2.75, 3.05) is 18.1 Å². The molecule has 2 aromatic rings. The molecule has 0 fully saturated rings. The van der Waals surface area contributed by atoms with E-state index in [2.05, 4.69) is 5.32 Å². The van der Waals surface area contributed by atoms with Gasteiger partial charge in [0.25, 0.3) is 0 Å². The number of aryl methyl sites for hydroxylation is 2. The van der Waals surface area contributed by atoms with Crippen LogP contribution in [0.25, 0.3) is 0 Å². The van der Waals surface area contributed by atoms with Gasteiger partial charge in [0.2, 0.25) is 15.9 Å². The Labute approximate surface area is 149 Å². The van der Waals surface area contributed by atoms with Crippen molar-refractivity contribution in [3.63, 3.8) is 0 Å². The minimum Gasteiger partial charge on any atom is -0.326 e. The first kappa shape index (κ1) is 19.1. The second-order valence-electron chi connectivity index (χ2n) is 6.20. The van der Waals surface area contributed by atoms with Crippen LogP contribution in [-0.2, 0) is 21.4 Å². The van der Waals surface area contributed by atoms with Crippen molar-refractivity contribution in [1.82, 2.24) is 4.31 Å². The molecule has 0 aromatic heterocycles. The van der Waals surface area contributed by atoms with Crippen LogP contribution in [0.3, 0.4) is 0 Å². The number of amides is 1. The SMILES string of the molecule is Cc1ccc(C)c(NC(=O)CCN(Cc2ccccc2)S(C)(=O)=O)c1. The highest BCUT2D eigenvalue weighted by atomic mass is 32.2. The van der Waals surface area contributed by atoms with Crippen LogP contribution in [0, 0.1) is 13.8 Å². The second kappa shape index (κ2) is 8.27. The molecule has 2 rings (SSSR count). The Morgan fingerprint density at radius 3 is 2.40 bits per heavy atom. The average molecular weight is 360 g/mol. The molecule has 5 nitrogen and oxygen atoms in total. The summed E-state index contributed by atoms with van der Waals surface area (Å²) < 4.78 is 25.3. The molecule has 0 saturated heterocycles. The number of sulfonamides is 1. The summed E-state index contributed by atoms with van der Waals surface area (Å²) in [6.07, 6.45) is 1.27. The second-order valence-corrected chi connectivity index (χ2v) is 8.18. The topological polar surface area (TPSA) is 66.5 Å². The summed E-state index contributed by atoms with van der Waals surface area (Å²) in [5.41, 5.74) is 3.69. The molecule has 0 unspecified atom stereocenters. The molecule has 0 heterocycles. The van der Waals surface area contributed by atoms with Gasteiger partial charge < -0.3 is 5.32 Å². The summed E-state index contributed by atoms with van der Waals surface area (Å²) >= 11 is 0. The Hall–Kier alpha value is -2.18. The van der Waals surface area contributed by atoms with Gasteiger partial charge in [0.1, 0.15) is 0 Å². The summed E-state index contributed by atoms with van der Waals surface area (Å²) in [6.45, 7) is 4.29. The Morgan fingerprint density at radius 2 is 1.76 bits per heavy atom. The number of carbonyl (C=O) groups excluding carboxylic acids is 1. The monoisotopic (exact) mass is 360 g/mol. The Balaban J connectivity index is 2.00. The number of benzene rings is 2. The maximum atomic E-state index is 12.2. The maximum Gasteiger partial charge on any atom is 0.225 e. The molecule has 25 heavy (non-hydrogen) atoms. The largest absolute Gasteiger partial charge is 0.326 e. The standard InChI is InChI=1S/C19H24N2O3S/c1-15-9-10-16(2)18(13-15)20-19(22)11-12-21(25(3,23)24)14-17-7-5-4-6-8-17/h4-10,13H,11-12,14H2,1-3H3,(H,20,22). The highest BCUT2D eigenvalue weighted by Gasteiger charge is 2.18. The van der Waals surface area contributed by atoms with Gasteiger partial charge in [0.15, 0.2) is 0 Å². The third kappa shape index (κ3) is 5.99. The van der Waals surface area contributed by atoms with Gasteiger partial charge in [0, 0.05) is 25.2 Å². The Bertz CT molecular complexity index is 833. The van der Waals surface area contributed by atoms with Crippen molar-refractivity contribution in [2.24, 2.45) is 0 Å². The van der Waals surface area contributed by atoms with Gasteiger partial charge in [0.05, 0.1) is 6.26 Å². The van der Waals surface area contributed by atoms with Gasteiger partial charge in [-0.2, -0.15) is 4.31 Å². The van der Waals surface area contributed by atoms with Crippen LogP contribution >= 0.6 is 0 Å². The van der Waals surface area contributed by atoms with Crippen molar-refractivity contribution in [2.45, 2.75) is 26.8 Å². The first-order valence-electron chi connectivity index (χ1n) is 8.12. The normalized spacial score (nSPS) is 11.5. The van der Waals surface area contributed by atoms with E-state index in [-0.39, 0.29) is 25.4 Å². The fraction of sp³-hybridized carbons (Fsp3) is 0.316. The van der Waals surface area contributed by atoms with E-state index in [1.54, 1.807) is 0 Å². The number of nitrogens with one attached hydrogen (secondary N) is 1. The van der Waals surface area contributed by atoms with Crippen LogP contribution in [-0.4, -0.2) is 31.4 Å². The number of hydrogen-bond donors (Lipinski definition) is 1. The van der Waals surface area contributed by atoms with Crippen LogP contribution in [0.2, 0.25) is 0 Å². The van der Waals surface area contributed by atoms with Crippen molar-refractivity contribution in [3.05, 3.63) is 65.2 Å². The number of carbonyl (C=O) groups is 1. The smallest absolute Gasteiger partial charge is 0.225 e. The summed E-state index contributed by atoms with van der Waals surface area (Å²) in [7, 11) is -3.39. The number of rotatable bonds is 7. The van der Waals surface area contributed by atoms with E-state index in [1.165, 1.54) is 10.6 Å². The van der Waals surface area contributed by atoms with Gasteiger partial charge in [-0.25, -0.2) is 8.42 Å². The van der Waals surface area contributed by atoms with Gasteiger partial charge in [-0.1, -0.05) is 42.5 Å². The zero-order chi connectivity index (χ0) is 18.4. The summed E-state index contributed by atoms with van der Waals surface area (Å²) in [5, 5.41) is 2.86. The van der Waals surface area contributed by atoms with Crippen LogP contribution in [0.1, 0.15) is 23.1 Å². The average Bonchev–Trinajstić information content (AvgIpc) is 2.55. The number of nitrogens with zero attached hydrogens (tertiary/aromatic N) is 1. The predicted octanol–water partition coefficient (Wildman–Crippen LogP) is 3.09. The Morgan fingerprint density at radius 1 is 1.08 bits per heavy atom. The maximum absolute atomic E-state index is 12.2. The van der Waals surface area contributed by atoms with E-state index >= 15 is 0 Å². The van der Waals surface area contributed by atoms with Crippen LogP contribution < -0.4 is 5.32 Å². The lowest BCUT2D eigenvalue weighted by molar-refractivity contribution is -0.116. The molecule has 134 valence electrons. The fourth-order valence-corrected chi connectivity index (χ4v) is 3.27. The van der Waals surface area contributed by atoms with Gasteiger partial charge in [-0.05, 0) is 36.6 Å². The molecule has 6 heteroatoms. The minimum atomic E-state index is -3.39. The van der Waals surface area contributed by atoms with Crippen molar-refractivity contribution < 1.29 is 13.2 Å². The number of hydrogen-bond acceptors (Lipinski definition) is 3. The zero-order valence-corrected chi connectivity index (χ0v) is 15.6. The van der Waals surface area contributed by atoms with Crippen molar-refractivity contribution >= 4 is 21.6 Å². The lowest BCUT2D eigenvalue weighted by Crippen LogP contribution is -2.32. The fourth-order valence-electron chi connectivity index (χ4n) is 2.46. The number of anilines is 1. The van der Waals surface area contributed by atoms with E-state index in [1.807, 2.05) is 62.4 Å². The lowest BCUT2D eigenvalue weighted by Gasteiger charge is -2.20. The molecule has 1 N–H and O–H groups in total. The molecule has 0 aliphatic rings. The van der Waals surface area contributed by atoms with E-state index in [0.29, 0.717) is 0 Å². The Kier molecular flexibility index (Phi) is 6.33. The summed E-state index contributed by atoms with van der Waals surface area (Å²) in [5.74, 6) is -0.199. The molecule has 0 spiro atoms. The molecule has 0 radical (unpaired) electrons. The molecule has 0 saturated carbocycles. The van der Waals surface area contributed by atoms with Crippen molar-refractivity contribution in [1.29, 1.82) is 0 Å². The van der Waals surface area contributed by atoms with E-state index in [4.69, 9.17) is 0 Å². The highest BCUT2D eigenvalue weighted by Crippen LogP contribution is 2.17. The molecular weight excluding hydrogens is 336 g/mol. The van der Waals surface area contributed by atoms with E-state index in [9.17, 15) is 13.2 Å². The molecule has 0 bridgehead atoms. The lowest BCUT2D eigenvalue weighted by atomic mass is 10.1. The molecule has 2 aromatic carbocycles. The molecule has 0 aliphatic carbocycles. The first-order valence-corrected chi connectivity index (χ1v) is 9.96.